The molecule has 2 heteroatoms. The number of alkyl halides is 1. The number of aryl methyl sites for hydroxylation is 2. The van der Waals surface area contributed by atoms with E-state index in [1.807, 2.05) is 0 Å². The van der Waals surface area contributed by atoms with Gasteiger partial charge >= 0.3 is 0 Å². The van der Waals surface area contributed by atoms with Gasteiger partial charge in [0.1, 0.15) is 0 Å². The van der Waals surface area contributed by atoms with Crippen LogP contribution in [0.2, 0.25) is 0 Å². The van der Waals surface area contributed by atoms with Gasteiger partial charge in [0.2, 0.25) is 0 Å². The smallest absolute Gasteiger partial charge is 0.0483 e. The highest BCUT2D eigenvalue weighted by Gasteiger charge is 2.03. The molecule has 0 radical (unpaired) electrons. The number of rotatable bonds is 4. The molecule has 1 nitrogen and oxygen atoms in total. The van der Waals surface area contributed by atoms with Crippen molar-refractivity contribution in [3.8, 4) is 0 Å². The van der Waals surface area contributed by atoms with Gasteiger partial charge in [-0.3, -0.25) is 0 Å². The average Bonchev–Trinajstić information content (AvgIpc) is 2.58. The van der Waals surface area contributed by atoms with Crippen LogP contribution in [0.4, 0.5) is 0 Å². The van der Waals surface area contributed by atoms with Crippen LogP contribution in [0.15, 0.2) is 30.5 Å². The summed E-state index contributed by atoms with van der Waals surface area (Å²) in [5.41, 5.74) is 2.74. The number of hydrogen-bond donors (Lipinski definition) is 0. The average molecular weight is 266 g/mol. The van der Waals surface area contributed by atoms with Crippen LogP contribution in [0.1, 0.15) is 18.4 Å². The molecule has 15 heavy (non-hydrogen) atoms. The number of fused-ring (bicyclic) bond motifs is 1. The lowest BCUT2D eigenvalue weighted by molar-refractivity contribution is 0.654. The second-order valence-electron chi connectivity index (χ2n) is 3.92. The van der Waals surface area contributed by atoms with Gasteiger partial charge in [-0.2, -0.15) is 0 Å². The number of halogens is 1. The van der Waals surface area contributed by atoms with Crippen molar-refractivity contribution in [1.82, 2.24) is 4.57 Å². The highest BCUT2D eigenvalue weighted by atomic mass is 79.9. The fourth-order valence-corrected chi connectivity index (χ4v) is 2.39. The zero-order chi connectivity index (χ0) is 10.7. The Kier molecular flexibility index (Phi) is 3.47. The van der Waals surface area contributed by atoms with E-state index in [2.05, 4.69) is 57.9 Å². The summed E-state index contributed by atoms with van der Waals surface area (Å²) < 4.78 is 2.37. The SMILES string of the molecule is Cc1cn(CCCCBr)c2ccccc12. The minimum absolute atomic E-state index is 1.10. The molecule has 1 heterocycles. The van der Waals surface area contributed by atoms with Crippen LogP contribution in [-0.2, 0) is 6.54 Å². The topological polar surface area (TPSA) is 4.93 Å². The Morgan fingerprint density at radius 2 is 2.00 bits per heavy atom. The van der Waals surface area contributed by atoms with Crippen molar-refractivity contribution in [2.45, 2.75) is 26.3 Å². The lowest BCUT2D eigenvalue weighted by atomic mass is 10.2. The lowest BCUT2D eigenvalue weighted by Crippen LogP contribution is -1.95. The molecule has 0 N–H and O–H groups in total. The van der Waals surface area contributed by atoms with Gasteiger partial charge in [0, 0.05) is 29.0 Å². The molecule has 2 rings (SSSR count). The fraction of sp³-hybridized carbons (Fsp3) is 0.385. The summed E-state index contributed by atoms with van der Waals surface area (Å²) in [5, 5.41) is 2.49. The Hall–Kier alpha value is -0.760. The molecule has 0 aliphatic rings. The number of aromatic nitrogens is 1. The van der Waals surface area contributed by atoms with Crippen LogP contribution in [-0.4, -0.2) is 9.90 Å². The molecule has 2 aromatic rings. The van der Waals surface area contributed by atoms with E-state index in [1.54, 1.807) is 0 Å². The van der Waals surface area contributed by atoms with Gasteiger partial charge in [-0.15, -0.1) is 0 Å². The molecule has 1 aromatic heterocycles. The molecule has 0 fully saturated rings. The molecular formula is C13H16BrN. The van der Waals surface area contributed by atoms with E-state index in [-0.39, 0.29) is 0 Å². The quantitative estimate of drug-likeness (QED) is 0.579. The Morgan fingerprint density at radius 3 is 2.80 bits per heavy atom. The van der Waals surface area contributed by atoms with Crippen LogP contribution in [0.5, 0.6) is 0 Å². The van der Waals surface area contributed by atoms with Gasteiger partial charge in [0.15, 0.2) is 0 Å². The van der Waals surface area contributed by atoms with Crippen molar-refractivity contribution in [3.05, 3.63) is 36.0 Å². The molecule has 0 atom stereocenters. The van der Waals surface area contributed by atoms with Gasteiger partial charge in [0.05, 0.1) is 0 Å². The maximum absolute atomic E-state index is 3.47. The molecule has 0 bridgehead atoms. The van der Waals surface area contributed by atoms with Gasteiger partial charge in [-0.1, -0.05) is 34.1 Å². The summed E-state index contributed by atoms with van der Waals surface area (Å²) in [6.45, 7) is 3.31. The predicted octanol–water partition coefficient (Wildman–Crippen LogP) is 4.12. The van der Waals surface area contributed by atoms with Crippen LogP contribution >= 0.6 is 15.9 Å². The second-order valence-corrected chi connectivity index (χ2v) is 4.71. The number of benzene rings is 1. The Balaban J connectivity index is 2.27. The predicted molar refractivity (Wildman–Crippen MR) is 69.7 cm³/mol. The minimum atomic E-state index is 1.10. The first-order valence-electron chi connectivity index (χ1n) is 5.43. The van der Waals surface area contributed by atoms with Crippen molar-refractivity contribution in [1.29, 1.82) is 0 Å². The van der Waals surface area contributed by atoms with Crippen molar-refractivity contribution in [2.75, 3.05) is 5.33 Å². The van der Waals surface area contributed by atoms with E-state index >= 15 is 0 Å². The van der Waals surface area contributed by atoms with Crippen molar-refractivity contribution < 1.29 is 0 Å². The summed E-state index contributed by atoms with van der Waals surface area (Å²) in [6, 6.07) is 8.63. The lowest BCUT2D eigenvalue weighted by Gasteiger charge is -2.03. The monoisotopic (exact) mass is 265 g/mol. The Bertz CT molecular complexity index is 445. The van der Waals surface area contributed by atoms with Crippen LogP contribution < -0.4 is 0 Å². The summed E-state index contributed by atoms with van der Waals surface area (Å²) >= 11 is 3.47. The normalized spacial score (nSPS) is 11.1. The van der Waals surface area contributed by atoms with E-state index in [1.165, 1.54) is 29.3 Å². The first-order valence-corrected chi connectivity index (χ1v) is 6.55. The van der Waals surface area contributed by atoms with E-state index in [9.17, 15) is 0 Å². The van der Waals surface area contributed by atoms with Gasteiger partial charge in [-0.05, 0) is 31.4 Å². The first-order chi connectivity index (χ1) is 7.33. The fourth-order valence-electron chi connectivity index (χ4n) is 1.99. The van der Waals surface area contributed by atoms with E-state index in [4.69, 9.17) is 0 Å². The molecule has 0 saturated carbocycles. The van der Waals surface area contributed by atoms with Gasteiger partial charge in [-0.25, -0.2) is 0 Å². The molecule has 1 aromatic carbocycles. The number of unbranched alkanes of at least 4 members (excludes halogenated alkanes) is 1. The molecular weight excluding hydrogens is 250 g/mol. The van der Waals surface area contributed by atoms with Crippen LogP contribution in [0.3, 0.4) is 0 Å². The summed E-state index contributed by atoms with van der Waals surface area (Å²) in [4.78, 5) is 0. The third kappa shape index (κ3) is 2.25. The third-order valence-corrected chi connectivity index (χ3v) is 3.33. The Labute approximate surface area is 99.2 Å². The number of nitrogens with zero attached hydrogens (tertiary/aromatic N) is 1. The summed E-state index contributed by atoms with van der Waals surface area (Å²) in [7, 11) is 0. The van der Waals surface area contributed by atoms with Crippen LogP contribution in [0.25, 0.3) is 10.9 Å². The third-order valence-electron chi connectivity index (χ3n) is 2.77. The van der Waals surface area contributed by atoms with Gasteiger partial charge in [0.25, 0.3) is 0 Å². The van der Waals surface area contributed by atoms with E-state index < -0.39 is 0 Å². The molecule has 0 aliphatic carbocycles. The van der Waals surface area contributed by atoms with E-state index in [0.717, 1.165) is 11.9 Å². The van der Waals surface area contributed by atoms with Crippen LogP contribution in [0, 0.1) is 6.92 Å². The molecule has 0 spiro atoms. The second kappa shape index (κ2) is 4.84. The zero-order valence-electron chi connectivity index (χ0n) is 9.04. The number of hydrogen-bond acceptors (Lipinski definition) is 0. The first kappa shape index (κ1) is 10.7. The number of para-hydroxylation sites is 1. The molecule has 0 aliphatic heterocycles. The van der Waals surface area contributed by atoms with Gasteiger partial charge < -0.3 is 4.57 Å². The Morgan fingerprint density at radius 1 is 1.20 bits per heavy atom. The molecule has 0 amide bonds. The summed E-state index contributed by atoms with van der Waals surface area (Å²) in [5.74, 6) is 0. The van der Waals surface area contributed by atoms with E-state index in [0.29, 0.717) is 0 Å². The van der Waals surface area contributed by atoms with Crippen molar-refractivity contribution >= 4 is 26.8 Å². The highest BCUT2D eigenvalue weighted by molar-refractivity contribution is 9.09. The molecule has 80 valence electrons. The maximum atomic E-state index is 3.47. The standard InChI is InChI=1S/C13H16BrN/c1-11-10-15(9-5-4-8-14)13-7-3-2-6-12(11)13/h2-3,6-7,10H,4-5,8-9H2,1H3. The van der Waals surface area contributed by atoms with Crippen molar-refractivity contribution in [2.24, 2.45) is 0 Å². The maximum Gasteiger partial charge on any atom is 0.0483 e. The molecule has 0 unspecified atom stereocenters. The minimum Gasteiger partial charge on any atom is -0.347 e. The molecule has 0 saturated heterocycles. The largest absolute Gasteiger partial charge is 0.347 e. The highest BCUT2D eigenvalue weighted by Crippen LogP contribution is 2.20. The summed E-state index contributed by atoms with van der Waals surface area (Å²) in [6.07, 6.45) is 4.74. The van der Waals surface area contributed by atoms with Crippen molar-refractivity contribution in [3.63, 3.8) is 0 Å². The zero-order valence-corrected chi connectivity index (χ0v) is 10.6.